The molecule has 6 heteroatoms. The summed E-state index contributed by atoms with van der Waals surface area (Å²) in [5, 5.41) is 2.58. The maximum atomic E-state index is 12.7. The topological polar surface area (TPSA) is 70.2 Å². The zero-order valence-corrected chi connectivity index (χ0v) is 10.9. The molecule has 1 aromatic carbocycles. The third kappa shape index (κ3) is 5.34. The summed E-state index contributed by atoms with van der Waals surface area (Å²) in [7, 11) is 0. The lowest BCUT2D eigenvalue weighted by Crippen LogP contribution is -2.38. The van der Waals surface area contributed by atoms with Crippen molar-refractivity contribution in [3.8, 4) is 0 Å². The standard InChI is InChI=1S/C14H16FN3O2/c1-3-8-16-13(19)9-10(2)17-18-14(20)11-4-6-12(15)7-5-11/h3-7,17H,1-2,8-9H2,(H,16,19)(H,18,20). The van der Waals surface area contributed by atoms with Crippen molar-refractivity contribution in [2.75, 3.05) is 6.54 Å². The molecule has 0 radical (unpaired) electrons. The van der Waals surface area contributed by atoms with Crippen LogP contribution in [0.4, 0.5) is 4.39 Å². The predicted molar refractivity (Wildman–Crippen MR) is 74.0 cm³/mol. The molecule has 20 heavy (non-hydrogen) atoms. The average molecular weight is 277 g/mol. The second-order valence-corrected chi connectivity index (χ2v) is 3.96. The van der Waals surface area contributed by atoms with E-state index in [4.69, 9.17) is 0 Å². The van der Waals surface area contributed by atoms with Gasteiger partial charge in [0.25, 0.3) is 5.91 Å². The van der Waals surface area contributed by atoms with Crippen LogP contribution in [0.15, 0.2) is 49.2 Å². The highest BCUT2D eigenvalue weighted by molar-refractivity contribution is 5.93. The van der Waals surface area contributed by atoms with Gasteiger partial charge >= 0.3 is 0 Å². The minimum atomic E-state index is -0.447. The molecule has 0 unspecified atom stereocenters. The largest absolute Gasteiger partial charge is 0.352 e. The van der Waals surface area contributed by atoms with Crippen molar-refractivity contribution in [3.63, 3.8) is 0 Å². The van der Waals surface area contributed by atoms with E-state index < -0.39 is 11.7 Å². The Labute approximate surface area is 116 Å². The van der Waals surface area contributed by atoms with Crippen molar-refractivity contribution in [2.45, 2.75) is 6.42 Å². The van der Waals surface area contributed by atoms with Gasteiger partial charge in [-0.2, -0.15) is 0 Å². The molecule has 0 aromatic heterocycles. The van der Waals surface area contributed by atoms with Gasteiger partial charge in [0.1, 0.15) is 5.82 Å². The fraction of sp³-hybridized carbons (Fsp3) is 0.143. The van der Waals surface area contributed by atoms with Gasteiger partial charge in [-0.1, -0.05) is 12.7 Å². The zero-order valence-electron chi connectivity index (χ0n) is 10.9. The smallest absolute Gasteiger partial charge is 0.269 e. The minimum absolute atomic E-state index is 0.0253. The Bertz CT molecular complexity index is 512. The van der Waals surface area contributed by atoms with Crippen molar-refractivity contribution >= 4 is 11.8 Å². The number of rotatable bonds is 7. The van der Waals surface area contributed by atoms with Gasteiger partial charge in [-0.05, 0) is 24.3 Å². The first-order valence-electron chi connectivity index (χ1n) is 5.90. The van der Waals surface area contributed by atoms with Crippen molar-refractivity contribution in [2.24, 2.45) is 0 Å². The summed E-state index contributed by atoms with van der Waals surface area (Å²) in [6.07, 6.45) is 1.59. The van der Waals surface area contributed by atoms with E-state index in [-0.39, 0.29) is 12.3 Å². The summed E-state index contributed by atoms with van der Waals surface area (Å²) >= 11 is 0. The molecule has 0 fully saturated rings. The molecule has 3 N–H and O–H groups in total. The monoisotopic (exact) mass is 277 g/mol. The van der Waals surface area contributed by atoms with E-state index in [1.807, 2.05) is 0 Å². The SMILES string of the molecule is C=CCNC(=O)CC(=C)NNC(=O)c1ccc(F)cc1. The number of amides is 2. The molecule has 0 heterocycles. The molecule has 2 amide bonds. The zero-order chi connectivity index (χ0) is 15.0. The maximum absolute atomic E-state index is 12.7. The normalized spacial score (nSPS) is 9.45. The van der Waals surface area contributed by atoms with Gasteiger partial charge in [0.05, 0.1) is 6.42 Å². The predicted octanol–water partition coefficient (Wildman–Crippen LogP) is 1.27. The maximum Gasteiger partial charge on any atom is 0.269 e. The molecular formula is C14H16FN3O2. The van der Waals surface area contributed by atoms with Crippen LogP contribution in [0.25, 0.3) is 0 Å². The van der Waals surface area contributed by atoms with Gasteiger partial charge in [-0.15, -0.1) is 6.58 Å². The van der Waals surface area contributed by atoms with Gasteiger partial charge in [0.15, 0.2) is 0 Å². The Balaban J connectivity index is 2.37. The first-order chi connectivity index (χ1) is 9.52. The molecule has 5 nitrogen and oxygen atoms in total. The summed E-state index contributed by atoms with van der Waals surface area (Å²) < 4.78 is 12.7. The van der Waals surface area contributed by atoms with Crippen molar-refractivity contribution in [1.29, 1.82) is 0 Å². The highest BCUT2D eigenvalue weighted by Crippen LogP contribution is 2.02. The molecule has 0 bridgehead atoms. The summed E-state index contributed by atoms with van der Waals surface area (Å²) in [5.41, 5.74) is 5.53. The molecule has 0 saturated carbocycles. The minimum Gasteiger partial charge on any atom is -0.352 e. The Hall–Kier alpha value is -2.63. The average Bonchev–Trinajstić information content (AvgIpc) is 2.43. The number of benzene rings is 1. The van der Waals surface area contributed by atoms with Crippen LogP contribution in [-0.2, 0) is 4.79 Å². The summed E-state index contributed by atoms with van der Waals surface area (Å²) in [5.74, 6) is -1.10. The summed E-state index contributed by atoms with van der Waals surface area (Å²) in [4.78, 5) is 23.0. The third-order valence-electron chi connectivity index (χ3n) is 2.28. The Morgan fingerprint density at radius 2 is 1.85 bits per heavy atom. The van der Waals surface area contributed by atoms with Crippen molar-refractivity contribution in [1.82, 2.24) is 16.2 Å². The van der Waals surface area contributed by atoms with E-state index in [1.54, 1.807) is 6.08 Å². The highest BCUT2D eigenvalue weighted by Gasteiger charge is 2.07. The van der Waals surface area contributed by atoms with Crippen LogP contribution in [0.3, 0.4) is 0 Å². The second kappa shape index (κ2) is 7.73. The van der Waals surface area contributed by atoms with Gasteiger partial charge in [-0.25, -0.2) is 4.39 Å². The lowest BCUT2D eigenvalue weighted by Gasteiger charge is -2.10. The highest BCUT2D eigenvalue weighted by atomic mass is 19.1. The number of carbonyl (C=O) groups is 2. The van der Waals surface area contributed by atoms with E-state index in [0.717, 1.165) is 0 Å². The van der Waals surface area contributed by atoms with Crippen LogP contribution in [0.1, 0.15) is 16.8 Å². The van der Waals surface area contributed by atoms with E-state index in [0.29, 0.717) is 17.8 Å². The number of nitrogens with one attached hydrogen (secondary N) is 3. The number of carbonyl (C=O) groups excluding carboxylic acids is 2. The van der Waals surface area contributed by atoms with Crippen molar-refractivity contribution < 1.29 is 14.0 Å². The fourth-order valence-electron chi connectivity index (χ4n) is 1.31. The summed E-state index contributed by atoms with van der Waals surface area (Å²) in [6, 6.07) is 5.08. The second-order valence-electron chi connectivity index (χ2n) is 3.96. The molecule has 0 saturated heterocycles. The van der Waals surface area contributed by atoms with Gasteiger partial charge in [0, 0.05) is 17.8 Å². The number of halogens is 1. The van der Waals surface area contributed by atoms with E-state index in [2.05, 4.69) is 29.3 Å². The molecule has 1 rings (SSSR count). The van der Waals surface area contributed by atoms with Crippen LogP contribution in [0, 0.1) is 5.82 Å². The van der Waals surface area contributed by atoms with Crippen LogP contribution < -0.4 is 16.2 Å². The van der Waals surface area contributed by atoms with Crippen LogP contribution in [0.2, 0.25) is 0 Å². The molecule has 0 aliphatic heterocycles. The van der Waals surface area contributed by atoms with Gasteiger partial charge in [0.2, 0.25) is 5.91 Å². The molecule has 0 atom stereocenters. The molecule has 0 aliphatic carbocycles. The first kappa shape index (κ1) is 15.4. The number of hydrazine groups is 1. The van der Waals surface area contributed by atoms with Crippen LogP contribution in [-0.4, -0.2) is 18.4 Å². The van der Waals surface area contributed by atoms with Crippen LogP contribution >= 0.6 is 0 Å². The molecule has 0 spiro atoms. The fourth-order valence-corrected chi connectivity index (χ4v) is 1.31. The number of hydrogen-bond acceptors (Lipinski definition) is 3. The van der Waals surface area contributed by atoms with E-state index in [1.165, 1.54) is 24.3 Å². The molecule has 1 aromatic rings. The lowest BCUT2D eigenvalue weighted by molar-refractivity contribution is -0.120. The van der Waals surface area contributed by atoms with E-state index >= 15 is 0 Å². The Morgan fingerprint density at radius 3 is 2.45 bits per heavy atom. The summed E-state index contributed by atoms with van der Waals surface area (Å²) in [6.45, 7) is 7.45. The molecule has 0 aliphatic rings. The van der Waals surface area contributed by atoms with E-state index in [9.17, 15) is 14.0 Å². The van der Waals surface area contributed by atoms with Gasteiger partial charge < -0.3 is 10.7 Å². The molecular weight excluding hydrogens is 261 g/mol. The van der Waals surface area contributed by atoms with Crippen LogP contribution in [0.5, 0.6) is 0 Å². The Morgan fingerprint density at radius 1 is 1.20 bits per heavy atom. The first-order valence-corrected chi connectivity index (χ1v) is 5.90. The molecule has 106 valence electrons. The van der Waals surface area contributed by atoms with Gasteiger partial charge in [-0.3, -0.25) is 15.0 Å². The van der Waals surface area contributed by atoms with Crippen molar-refractivity contribution in [3.05, 3.63) is 60.6 Å². The number of hydrogen-bond donors (Lipinski definition) is 3. The third-order valence-corrected chi connectivity index (χ3v) is 2.28. The Kier molecular flexibility index (Phi) is 5.96. The quantitative estimate of drug-likeness (QED) is 0.519. The lowest BCUT2D eigenvalue weighted by atomic mass is 10.2.